The summed E-state index contributed by atoms with van der Waals surface area (Å²) in [6.07, 6.45) is 3.03. The molecule has 1 aromatic carbocycles. The van der Waals surface area contributed by atoms with Crippen LogP contribution in [0.2, 0.25) is 0 Å². The average molecular weight is 461 g/mol. The third-order valence-corrected chi connectivity index (χ3v) is 8.42. The highest BCUT2D eigenvalue weighted by molar-refractivity contribution is 7.91. The van der Waals surface area contributed by atoms with Crippen LogP contribution in [0.3, 0.4) is 0 Å². The number of sulfone groups is 1. The fourth-order valence-corrected chi connectivity index (χ4v) is 6.75. The van der Waals surface area contributed by atoms with Crippen molar-refractivity contribution < 1.29 is 26.4 Å². The number of fused-ring (bicyclic) bond motifs is 2. The molecule has 3 rings (SSSR count). The molecule has 31 heavy (non-hydrogen) atoms. The molecule has 0 saturated carbocycles. The number of piperidine rings is 1. The van der Waals surface area contributed by atoms with Gasteiger partial charge in [-0.05, 0) is 55.6 Å². The van der Waals surface area contributed by atoms with E-state index in [9.17, 15) is 26.4 Å². The lowest BCUT2D eigenvalue weighted by atomic mass is 9.82. The van der Waals surface area contributed by atoms with Gasteiger partial charge in [-0.3, -0.25) is 4.79 Å². The molecule has 5 nitrogen and oxygen atoms in total. The highest BCUT2D eigenvalue weighted by Gasteiger charge is 2.44. The molecule has 9 heteroatoms. The Morgan fingerprint density at radius 3 is 2.26 bits per heavy atom. The van der Waals surface area contributed by atoms with Gasteiger partial charge in [-0.2, -0.15) is 0 Å². The minimum Gasteiger partial charge on any atom is -0.337 e. The summed E-state index contributed by atoms with van der Waals surface area (Å²) in [5.41, 5.74) is 6.36. The van der Waals surface area contributed by atoms with Crippen LogP contribution >= 0.6 is 0 Å². The summed E-state index contributed by atoms with van der Waals surface area (Å²) in [6.45, 7) is 3.67. The molecule has 1 amide bonds. The van der Waals surface area contributed by atoms with Crippen LogP contribution in [0.15, 0.2) is 12.1 Å². The number of hydrogen-bond donors (Lipinski definition) is 1. The second kappa shape index (κ2) is 9.48. The fraction of sp³-hybridized carbons (Fsp3) is 0.682. The summed E-state index contributed by atoms with van der Waals surface area (Å²) >= 11 is 0. The van der Waals surface area contributed by atoms with Crippen molar-refractivity contribution in [2.45, 2.75) is 70.5 Å². The van der Waals surface area contributed by atoms with Crippen molar-refractivity contribution in [2.24, 2.45) is 17.6 Å². The first kappa shape index (κ1) is 24.0. The number of carbonyl (C=O) groups excluding carboxylic acids is 1. The number of nitrogens with two attached hydrogens (primary N) is 1. The van der Waals surface area contributed by atoms with E-state index in [1.54, 1.807) is 0 Å². The molecule has 2 heterocycles. The standard InChI is InChI=1S/C22H31F3N2O3S/c1-13(2)12-31(29,30)6-5-22(28)27-16-3-4-17(27)8-15(7-16)21(26)10-14-9-19(24)20(25)11-18(14)23/h9,11,13,15-17,21H,3-8,10,12,26H2,1-2H3/t15?,16-,17+,21-/m1/s1. The van der Waals surface area contributed by atoms with Crippen molar-refractivity contribution in [2.75, 3.05) is 11.5 Å². The molecule has 0 aromatic heterocycles. The Hall–Kier alpha value is -1.61. The topological polar surface area (TPSA) is 80.5 Å². The Morgan fingerprint density at radius 2 is 1.68 bits per heavy atom. The molecule has 0 radical (unpaired) electrons. The van der Waals surface area contributed by atoms with Gasteiger partial charge >= 0.3 is 0 Å². The van der Waals surface area contributed by atoms with Crippen molar-refractivity contribution in [1.29, 1.82) is 0 Å². The Kier molecular flexibility index (Phi) is 7.35. The highest BCUT2D eigenvalue weighted by atomic mass is 32.2. The van der Waals surface area contributed by atoms with E-state index < -0.39 is 33.3 Å². The van der Waals surface area contributed by atoms with E-state index >= 15 is 0 Å². The summed E-state index contributed by atoms with van der Waals surface area (Å²) < 4.78 is 64.9. The maximum Gasteiger partial charge on any atom is 0.224 e. The summed E-state index contributed by atoms with van der Waals surface area (Å²) in [7, 11) is -3.26. The van der Waals surface area contributed by atoms with Crippen molar-refractivity contribution in [3.8, 4) is 0 Å². The SMILES string of the molecule is CC(C)CS(=O)(=O)CCC(=O)N1[C@@H]2CC[C@H]1CC([C@H](N)Cc1cc(F)c(F)cc1F)C2. The fourth-order valence-electron chi connectivity index (χ4n) is 5.08. The molecule has 2 aliphatic heterocycles. The van der Waals surface area contributed by atoms with Gasteiger partial charge in [0, 0.05) is 30.6 Å². The average Bonchev–Trinajstić information content (AvgIpc) is 2.92. The van der Waals surface area contributed by atoms with Crippen molar-refractivity contribution in [1.82, 2.24) is 4.90 Å². The van der Waals surface area contributed by atoms with Gasteiger partial charge in [-0.25, -0.2) is 21.6 Å². The van der Waals surface area contributed by atoms with E-state index in [0.717, 1.165) is 18.9 Å². The van der Waals surface area contributed by atoms with Crippen LogP contribution < -0.4 is 5.73 Å². The molecule has 1 aromatic rings. The maximum atomic E-state index is 14.0. The number of nitrogens with zero attached hydrogens (tertiary/aromatic N) is 1. The second-order valence-corrected chi connectivity index (χ2v) is 11.6. The lowest BCUT2D eigenvalue weighted by Gasteiger charge is -2.41. The van der Waals surface area contributed by atoms with E-state index in [1.807, 2.05) is 18.7 Å². The molecule has 2 saturated heterocycles. The zero-order valence-electron chi connectivity index (χ0n) is 18.0. The predicted molar refractivity (Wildman–Crippen MR) is 112 cm³/mol. The summed E-state index contributed by atoms with van der Waals surface area (Å²) in [5.74, 6) is -3.30. The van der Waals surface area contributed by atoms with E-state index in [1.165, 1.54) is 0 Å². The lowest BCUT2D eigenvalue weighted by molar-refractivity contribution is -0.136. The minimum atomic E-state index is -3.26. The van der Waals surface area contributed by atoms with Gasteiger partial charge in [0.05, 0.1) is 11.5 Å². The lowest BCUT2D eigenvalue weighted by Crippen LogP contribution is -2.50. The van der Waals surface area contributed by atoms with Crippen LogP contribution in [0, 0.1) is 29.3 Å². The monoisotopic (exact) mass is 460 g/mol. The van der Waals surface area contributed by atoms with Crippen molar-refractivity contribution in [3.05, 3.63) is 35.1 Å². The third-order valence-electron chi connectivity index (χ3n) is 6.42. The zero-order valence-corrected chi connectivity index (χ0v) is 18.8. The molecule has 2 aliphatic rings. The molecule has 2 fully saturated rings. The van der Waals surface area contributed by atoms with Crippen molar-refractivity contribution >= 4 is 15.7 Å². The molecule has 2 bridgehead atoms. The molecular weight excluding hydrogens is 429 g/mol. The molecule has 4 atom stereocenters. The molecule has 2 N–H and O–H groups in total. The molecule has 0 spiro atoms. The van der Waals surface area contributed by atoms with Gasteiger partial charge < -0.3 is 10.6 Å². The largest absolute Gasteiger partial charge is 0.337 e. The maximum absolute atomic E-state index is 14.0. The number of halogens is 3. The number of hydrogen-bond acceptors (Lipinski definition) is 4. The number of carbonyl (C=O) groups is 1. The molecule has 174 valence electrons. The normalized spacial score (nSPS) is 24.6. The van der Waals surface area contributed by atoms with Crippen LogP contribution in [-0.4, -0.2) is 48.9 Å². The Morgan fingerprint density at radius 1 is 1.10 bits per heavy atom. The summed E-state index contributed by atoms with van der Waals surface area (Å²) in [5, 5.41) is 0. The predicted octanol–water partition coefficient (Wildman–Crippen LogP) is 3.20. The Balaban J connectivity index is 1.59. The number of rotatable bonds is 8. The van der Waals surface area contributed by atoms with Gasteiger partial charge in [0.25, 0.3) is 0 Å². The van der Waals surface area contributed by atoms with Gasteiger partial charge in [-0.1, -0.05) is 13.8 Å². The number of benzene rings is 1. The zero-order chi connectivity index (χ0) is 22.9. The Bertz CT molecular complexity index is 909. The van der Waals surface area contributed by atoms with Gasteiger partial charge in [-0.15, -0.1) is 0 Å². The summed E-state index contributed by atoms with van der Waals surface area (Å²) in [6, 6.07) is 0.936. The van der Waals surface area contributed by atoms with Gasteiger partial charge in [0.2, 0.25) is 5.91 Å². The molecule has 0 aliphatic carbocycles. The van der Waals surface area contributed by atoms with Crippen LogP contribution in [0.4, 0.5) is 13.2 Å². The second-order valence-electron chi connectivity index (χ2n) is 9.40. The number of amides is 1. The molecular formula is C22H31F3N2O3S. The van der Waals surface area contributed by atoms with Gasteiger partial charge in [0.1, 0.15) is 5.82 Å². The van der Waals surface area contributed by atoms with Crippen LogP contribution in [0.5, 0.6) is 0 Å². The van der Waals surface area contributed by atoms with Crippen LogP contribution in [0.25, 0.3) is 0 Å². The molecule has 1 unspecified atom stereocenters. The smallest absolute Gasteiger partial charge is 0.224 e. The van der Waals surface area contributed by atoms with Crippen molar-refractivity contribution in [3.63, 3.8) is 0 Å². The first-order valence-corrected chi connectivity index (χ1v) is 12.7. The Labute approximate surface area is 182 Å². The minimum absolute atomic E-state index is 0.00935. The van der Waals surface area contributed by atoms with E-state index in [0.29, 0.717) is 18.9 Å². The van der Waals surface area contributed by atoms with Crippen LogP contribution in [0.1, 0.15) is 51.5 Å². The first-order chi connectivity index (χ1) is 14.5. The first-order valence-electron chi connectivity index (χ1n) is 10.9. The third kappa shape index (κ3) is 5.80. The van der Waals surface area contributed by atoms with Crippen LogP contribution in [-0.2, 0) is 21.1 Å². The van der Waals surface area contributed by atoms with E-state index in [2.05, 4.69) is 0 Å². The highest BCUT2D eigenvalue weighted by Crippen LogP contribution is 2.40. The summed E-state index contributed by atoms with van der Waals surface area (Å²) in [4.78, 5) is 14.6. The van der Waals surface area contributed by atoms with E-state index in [-0.39, 0.29) is 59.7 Å². The quantitative estimate of drug-likeness (QED) is 0.604. The van der Waals surface area contributed by atoms with Gasteiger partial charge in [0.15, 0.2) is 21.5 Å². The van der Waals surface area contributed by atoms with E-state index in [4.69, 9.17) is 5.73 Å².